The Kier molecular flexibility index (Phi) is 3.35. The van der Waals surface area contributed by atoms with Gasteiger partial charge in [-0.15, -0.1) is 0 Å². The van der Waals surface area contributed by atoms with Crippen molar-refractivity contribution in [1.82, 2.24) is 15.4 Å². The summed E-state index contributed by atoms with van der Waals surface area (Å²) in [5.74, 6) is 0.514. The number of hydrogen-bond acceptors (Lipinski definition) is 6. The van der Waals surface area contributed by atoms with Crippen molar-refractivity contribution in [3.8, 4) is 0 Å². The highest BCUT2D eigenvalue weighted by molar-refractivity contribution is 5.42. The molecular weight excluding hydrogens is 256 g/mol. The first-order valence-electron chi connectivity index (χ1n) is 6.47. The zero-order valence-corrected chi connectivity index (χ0v) is 10.8. The van der Waals surface area contributed by atoms with Crippen LogP contribution in [0.3, 0.4) is 0 Å². The van der Waals surface area contributed by atoms with E-state index in [-0.39, 0.29) is 5.54 Å². The van der Waals surface area contributed by atoms with Crippen molar-refractivity contribution < 1.29 is 10.3 Å². The van der Waals surface area contributed by atoms with Crippen LogP contribution in [0.5, 0.6) is 0 Å². The van der Waals surface area contributed by atoms with E-state index < -0.39 is 6.23 Å². The number of benzene rings is 1. The lowest BCUT2D eigenvalue weighted by Gasteiger charge is -2.18. The first-order chi connectivity index (χ1) is 9.73. The first-order valence-corrected chi connectivity index (χ1v) is 6.47. The second-order valence-electron chi connectivity index (χ2n) is 4.94. The van der Waals surface area contributed by atoms with Gasteiger partial charge in [0.15, 0.2) is 6.23 Å². The summed E-state index contributed by atoms with van der Waals surface area (Å²) in [6, 6.07) is 10.2. The van der Waals surface area contributed by atoms with Gasteiger partial charge in [-0.3, -0.25) is 0 Å². The Morgan fingerprint density at radius 3 is 2.30 bits per heavy atom. The number of anilines is 1. The maximum Gasteiger partial charge on any atom is 0.223 e. The predicted octanol–water partition coefficient (Wildman–Crippen LogP) is 1.55. The van der Waals surface area contributed by atoms with Crippen LogP contribution in [0, 0.1) is 0 Å². The molecule has 1 unspecified atom stereocenters. The van der Waals surface area contributed by atoms with Gasteiger partial charge in [0.25, 0.3) is 0 Å². The molecule has 1 atom stereocenters. The number of nitrogens with one attached hydrogen (secondary N) is 2. The van der Waals surface area contributed by atoms with Crippen LogP contribution >= 0.6 is 0 Å². The van der Waals surface area contributed by atoms with Crippen LogP contribution in [0.2, 0.25) is 0 Å². The fraction of sp³-hybridized carbons (Fsp3) is 0.286. The molecule has 0 spiro atoms. The van der Waals surface area contributed by atoms with Crippen LogP contribution in [-0.4, -0.2) is 20.3 Å². The average Bonchev–Trinajstić information content (AvgIpc) is 3.29. The van der Waals surface area contributed by atoms with Gasteiger partial charge in [-0.2, -0.15) is 5.48 Å². The Balaban J connectivity index is 1.75. The summed E-state index contributed by atoms with van der Waals surface area (Å²) in [5, 5.41) is 21.4. The van der Waals surface area contributed by atoms with E-state index in [4.69, 9.17) is 5.21 Å². The average molecular weight is 272 g/mol. The Labute approximate surface area is 116 Å². The lowest BCUT2D eigenvalue weighted by atomic mass is 10.1. The van der Waals surface area contributed by atoms with Gasteiger partial charge in [-0.05, 0) is 18.4 Å². The summed E-state index contributed by atoms with van der Waals surface area (Å²) in [6.45, 7) is 0. The number of aliphatic hydroxyl groups excluding tert-OH is 1. The summed E-state index contributed by atoms with van der Waals surface area (Å²) >= 11 is 0. The number of rotatable bonds is 5. The Morgan fingerprint density at radius 2 is 1.75 bits per heavy atom. The number of nitrogens with zero attached hydrogens (tertiary/aromatic N) is 2. The summed E-state index contributed by atoms with van der Waals surface area (Å²) in [4.78, 5) is 8.33. The van der Waals surface area contributed by atoms with Crippen molar-refractivity contribution >= 4 is 5.95 Å². The van der Waals surface area contributed by atoms with Crippen LogP contribution in [0.15, 0.2) is 42.7 Å². The van der Waals surface area contributed by atoms with Gasteiger partial charge in [-0.1, -0.05) is 30.3 Å². The summed E-state index contributed by atoms with van der Waals surface area (Å²) in [5.41, 5.74) is 3.30. The Bertz CT molecular complexity index is 569. The zero-order chi connectivity index (χ0) is 14.0. The molecule has 1 heterocycles. The molecule has 104 valence electrons. The number of aliphatic hydroxyl groups is 1. The molecule has 1 aliphatic carbocycles. The molecule has 4 N–H and O–H groups in total. The van der Waals surface area contributed by atoms with E-state index in [1.807, 2.05) is 18.2 Å². The molecular formula is C14H16N4O2. The van der Waals surface area contributed by atoms with Crippen molar-refractivity contribution in [2.75, 3.05) is 5.32 Å². The van der Waals surface area contributed by atoms with Gasteiger partial charge >= 0.3 is 0 Å². The zero-order valence-electron chi connectivity index (χ0n) is 10.8. The van der Waals surface area contributed by atoms with E-state index >= 15 is 0 Å². The SMILES string of the molecule is ONC(O)c1cnc(NC2(c3ccccc3)CC2)nc1. The van der Waals surface area contributed by atoms with Crippen molar-refractivity contribution in [3.05, 3.63) is 53.9 Å². The Morgan fingerprint density at radius 1 is 1.10 bits per heavy atom. The molecule has 3 rings (SSSR count). The highest BCUT2D eigenvalue weighted by Gasteiger charge is 2.44. The van der Waals surface area contributed by atoms with Crippen LogP contribution in [-0.2, 0) is 5.54 Å². The summed E-state index contributed by atoms with van der Waals surface area (Å²) in [7, 11) is 0. The summed E-state index contributed by atoms with van der Waals surface area (Å²) in [6.07, 6.45) is 3.87. The van der Waals surface area contributed by atoms with E-state index in [0.717, 1.165) is 12.8 Å². The number of hydrogen-bond donors (Lipinski definition) is 4. The highest BCUT2D eigenvalue weighted by atomic mass is 16.5. The standard InChI is InChI=1S/C14H16N4O2/c19-12(18-20)10-8-15-13(16-9-10)17-14(6-7-14)11-4-2-1-3-5-11/h1-5,8-9,12,18-20H,6-7H2,(H,15,16,17). The molecule has 0 aliphatic heterocycles. The van der Waals surface area contributed by atoms with Crippen LogP contribution < -0.4 is 10.8 Å². The van der Waals surface area contributed by atoms with Crippen LogP contribution in [0.1, 0.15) is 30.2 Å². The molecule has 1 aliphatic rings. The van der Waals surface area contributed by atoms with Gasteiger partial charge < -0.3 is 15.6 Å². The fourth-order valence-corrected chi connectivity index (χ4v) is 2.20. The highest BCUT2D eigenvalue weighted by Crippen LogP contribution is 2.47. The topological polar surface area (TPSA) is 90.3 Å². The third-order valence-electron chi connectivity index (χ3n) is 3.54. The first kappa shape index (κ1) is 13.0. The molecule has 1 aromatic heterocycles. The third-order valence-corrected chi connectivity index (χ3v) is 3.54. The van der Waals surface area contributed by atoms with Gasteiger partial charge in [0.1, 0.15) is 0 Å². The number of aromatic nitrogens is 2. The predicted molar refractivity (Wildman–Crippen MR) is 72.9 cm³/mol. The molecule has 0 saturated heterocycles. The maximum atomic E-state index is 9.38. The Hall–Kier alpha value is -2.02. The molecule has 1 aromatic carbocycles. The van der Waals surface area contributed by atoms with Crippen LogP contribution in [0.25, 0.3) is 0 Å². The quantitative estimate of drug-likeness (QED) is 0.488. The second-order valence-corrected chi connectivity index (χ2v) is 4.94. The van der Waals surface area contributed by atoms with Crippen LogP contribution in [0.4, 0.5) is 5.95 Å². The van der Waals surface area contributed by atoms with E-state index in [2.05, 4.69) is 27.4 Å². The molecule has 0 radical (unpaired) electrons. The minimum atomic E-state index is -1.17. The monoisotopic (exact) mass is 272 g/mol. The molecule has 6 nitrogen and oxygen atoms in total. The van der Waals surface area contributed by atoms with E-state index in [0.29, 0.717) is 11.5 Å². The smallest absolute Gasteiger partial charge is 0.223 e. The van der Waals surface area contributed by atoms with Gasteiger partial charge in [-0.25, -0.2) is 9.97 Å². The van der Waals surface area contributed by atoms with Crippen molar-refractivity contribution in [2.45, 2.75) is 24.6 Å². The minimum absolute atomic E-state index is 0.0728. The molecule has 1 fully saturated rings. The van der Waals surface area contributed by atoms with Gasteiger partial charge in [0, 0.05) is 18.0 Å². The van der Waals surface area contributed by atoms with Gasteiger partial charge in [0.05, 0.1) is 5.54 Å². The molecule has 20 heavy (non-hydrogen) atoms. The maximum absolute atomic E-state index is 9.38. The molecule has 0 amide bonds. The van der Waals surface area contributed by atoms with Crippen molar-refractivity contribution in [3.63, 3.8) is 0 Å². The largest absolute Gasteiger partial charge is 0.372 e. The summed E-state index contributed by atoms with van der Waals surface area (Å²) < 4.78 is 0. The second kappa shape index (κ2) is 5.16. The van der Waals surface area contributed by atoms with E-state index in [9.17, 15) is 5.11 Å². The molecule has 2 aromatic rings. The fourth-order valence-electron chi connectivity index (χ4n) is 2.20. The van der Waals surface area contributed by atoms with E-state index in [1.54, 1.807) is 5.48 Å². The lowest BCUT2D eigenvalue weighted by Crippen LogP contribution is -2.21. The molecule has 1 saturated carbocycles. The van der Waals surface area contributed by atoms with E-state index in [1.165, 1.54) is 18.0 Å². The van der Waals surface area contributed by atoms with Crippen molar-refractivity contribution in [2.24, 2.45) is 0 Å². The minimum Gasteiger partial charge on any atom is -0.372 e. The van der Waals surface area contributed by atoms with Crippen molar-refractivity contribution in [1.29, 1.82) is 0 Å². The molecule has 6 heteroatoms. The lowest BCUT2D eigenvalue weighted by molar-refractivity contribution is 0.000314. The number of hydroxylamine groups is 1. The molecule has 0 bridgehead atoms. The third kappa shape index (κ3) is 2.49. The normalized spacial score (nSPS) is 17.5. The van der Waals surface area contributed by atoms with Gasteiger partial charge in [0.2, 0.25) is 5.95 Å².